The summed E-state index contributed by atoms with van der Waals surface area (Å²) in [5, 5.41) is 9.02. The molecule has 2 aromatic rings. The zero-order valence-electron chi connectivity index (χ0n) is 8.01. The van der Waals surface area contributed by atoms with E-state index < -0.39 is 0 Å². The second-order valence-corrected chi connectivity index (χ2v) is 3.72. The number of nitriles is 1. The molecule has 0 saturated carbocycles. The molecule has 15 heavy (non-hydrogen) atoms. The van der Waals surface area contributed by atoms with E-state index >= 15 is 0 Å². The first-order valence-electron chi connectivity index (χ1n) is 4.60. The van der Waals surface area contributed by atoms with Crippen molar-refractivity contribution in [2.75, 3.05) is 0 Å². The van der Waals surface area contributed by atoms with Gasteiger partial charge in [-0.15, -0.1) is 12.6 Å². The molecule has 0 radical (unpaired) electrons. The Kier molecular flexibility index (Phi) is 2.75. The third-order valence-corrected chi connectivity index (χ3v) is 2.49. The van der Waals surface area contributed by atoms with Gasteiger partial charge in [-0.25, -0.2) is 0 Å². The molecule has 0 aliphatic rings. The lowest BCUT2D eigenvalue weighted by Crippen LogP contribution is -1.83. The summed E-state index contributed by atoms with van der Waals surface area (Å²) in [6.45, 7) is 0. The standard InChI is InChI=1S/C13H9NS/c14-9-11-8-12(15)6-7-13(11)10-4-2-1-3-5-10/h1-8,15H. The molecule has 0 aromatic heterocycles. The average molecular weight is 211 g/mol. The number of nitrogens with zero attached hydrogens (tertiary/aromatic N) is 1. The lowest BCUT2D eigenvalue weighted by Gasteiger charge is -2.04. The predicted octanol–water partition coefficient (Wildman–Crippen LogP) is 3.51. The Labute approximate surface area is 94.4 Å². The molecule has 0 aliphatic carbocycles. The van der Waals surface area contributed by atoms with Crippen molar-refractivity contribution >= 4 is 12.6 Å². The summed E-state index contributed by atoms with van der Waals surface area (Å²) in [6.07, 6.45) is 0. The maximum Gasteiger partial charge on any atom is 0.0998 e. The van der Waals surface area contributed by atoms with Crippen LogP contribution in [0.2, 0.25) is 0 Å². The molecule has 0 saturated heterocycles. The van der Waals surface area contributed by atoms with E-state index in [0.29, 0.717) is 5.56 Å². The molecule has 2 aromatic carbocycles. The lowest BCUT2D eigenvalue weighted by atomic mass is 10.0. The zero-order valence-corrected chi connectivity index (χ0v) is 8.91. The predicted molar refractivity (Wildman–Crippen MR) is 63.8 cm³/mol. The minimum Gasteiger partial charge on any atom is -0.192 e. The summed E-state index contributed by atoms with van der Waals surface area (Å²) >= 11 is 4.22. The maximum atomic E-state index is 9.02. The van der Waals surface area contributed by atoms with E-state index in [2.05, 4.69) is 18.7 Å². The van der Waals surface area contributed by atoms with Gasteiger partial charge in [0.2, 0.25) is 0 Å². The largest absolute Gasteiger partial charge is 0.192 e. The molecule has 0 spiro atoms. The van der Waals surface area contributed by atoms with Gasteiger partial charge in [0.15, 0.2) is 0 Å². The molecule has 0 atom stereocenters. The average Bonchev–Trinajstić information content (AvgIpc) is 2.30. The molecule has 0 aliphatic heterocycles. The monoisotopic (exact) mass is 211 g/mol. The molecule has 72 valence electrons. The molecule has 0 unspecified atom stereocenters. The van der Waals surface area contributed by atoms with E-state index in [1.165, 1.54) is 0 Å². The van der Waals surface area contributed by atoms with Crippen molar-refractivity contribution in [2.45, 2.75) is 4.90 Å². The summed E-state index contributed by atoms with van der Waals surface area (Å²) in [5.41, 5.74) is 2.67. The number of hydrogen-bond donors (Lipinski definition) is 1. The minimum absolute atomic E-state index is 0.661. The summed E-state index contributed by atoms with van der Waals surface area (Å²) < 4.78 is 0. The maximum absolute atomic E-state index is 9.02. The van der Waals surface area contributed by atoms with Crippen molar-refractivity contribution in [3.63, 3.8) is 0 Å². The number of rotatable bonds is 1. The number of benzene rings is 2. The Balaban J connectivity index is 2.60. The van der Waals surface area contributed by atoms with Gasteiger partial charge in [-0.05, 0) is 23.3 Å². The van der Waals surface area contributed by atoms with Crippen LogP contribution in [0.4, 0.5) is 0 Å². The van der Waals surface area contributed by atoms with E-state index in [-0.39, 0.29) is 0 Å². The van der Waals surface area contributed by atoms with Crippen molar-refractivity contribution in [3.05, 3.63) is 54.1 Å². The van der Waals surface area contributed by atoms with Crippen LogP contribution in [0.5, 0.6) is 0 Å². The lowest BCUT2D eigenvalue weighted by molar-refractivity contribution is 1.41. The zero-order chi connectivity index (χ0) is 10.7. The molecule has 0 bridgehead atoms. The summed E-state index contributed by atoms with van der Waals surface area (Å²) in [7, 11) is 0. The topological polar surface area (TPSA) is 23.8 Å². The Hall–Kier alpha value is -1.72. The van der Waals surface area contributed by atoms with Crippen molar-refractivity contribution in [3.8, 4) is 17.2 Å². The second-order valence-electron chi connectivity index (χ2n) is 3.21. The Morgan fingerprint density at radius 1 is 1.00 bits per heavy atom. The van der Waals surface area contributed by atoms with Gasteiger partial charge >= 0.3 is 0 Å². The molecule has 2 rings (SSSR count). The first-order chi connectivity index (χ1) is 7.31. The van der Waals surface area contributed by atoms with Crippen molar-refractivity contribution in [2.24, 2.45) is 0 Å². The van der Waals surface area contributed by atoms with Crippen LogP contribution < -0.4 is 0 Å². The molecular formula is C13H9NS. The Morgan fingerprint density at radius 2 is 1.73 bits per heavy atom. The fourth-order valence-corrected chi connectivity index (χ4v) is 1.70. The molecule has 0 amide bonds. The third-order valence-electron chi connectivity index (χ3n) is 2.21. The van der Waals surface area contributed by atoms with E-state index in [4.69, 9.17) is 5.26 Å². The van der Waals surface area contributed by atoms with Gasteiger partial charge in [-0.3, -0.25) is 0 Å². The highest BCUT2D eigenvalue weighted by molar-refractivity contribution is 7.80. The first kappa shape index (κ1) is 9.82. The molecular weight excluding hydrogens is 202 g/mol. The van der Waals surface area contributed by atoms with Crippen LogP contribution in [0, 0.1) is 11.3 Å². The quantitative estimate of drug-likeness (QED) is 0.717. The van der Waals surface area contributed by atoms with Crippen LogP contribution in [0.3, 0.4) is 0 Å². The summed E-state index contributed by atoms with van der Waals surface area (Å²) in [6, 6.07) is 17.7. The highest BCUT2D eigenvalue weighted by Crippen LogP contribution is 2.24. The van der Waals surface area contributed by atoms with E-state index in [0.717, 1.165) is 16.0 Å². The fourth-order valence-electron chi connectivity index (χ4n) is 1.49. The first-order valence-corrected chi connectivity index (χ1v) is 5.04. The van der Waals surface area contributed by atoms with E-state index in [9.17, 15) is 0 Å². The molecule has 0 N–H and O–H groups in total. The Bertz CT molecular complexity index is 512. The van der Waals surface area contributed by atoms with Crippen LogP contribution >= 0.6 is 12.6 Å². The van der Waals surface area contributed by atoms with Crippen molar-refractivity contribution in [1.82, 2.24) is 0 Å². The van der Waals surface area contributed by atoms with Gasteiger partial charge in [-0.1, -0.05) is 36.4 Å². The molecule has 2 heteroatoms. The van der Waals surface area contributed by atoms with Crippen molar-refractivity contribution < 1.29 is 0 Å². The third kappa shape index (κ3) is 2.03. The van der Waals surface area contributed by atoms with Gasteiger partial charge < -0.3 is 0 Å². The van der Waals surface area contributed by atoms with Crippen LogP contribution in [0.15, 0.2) is 53.4 Å². The summed E-state index contributed by atoms with van der Waals surface area (Å²) in [5.74, 6) is 0. The van der Waals surface area contributed by atoms with Crippen LogP contribution in [-0.4, -0.2) is 0 Å². The van der Waals surface area contributed by atoms with Gasteiger partial charge in [0, 0.05) is 4.90 Å². The smallest absolute Gasteiger partial charge is 0.0998 e. The van der Waals surface area contributed by atoms with Crippen molar-refractivity contribution in [1.29, 1.82) is 5.26 Å². The number of hydrogen-bond acceptors (Lipinski definition) is 2. The second kappa shape index (κ2) is 4.20. The fraction of sp³-hybridized carbons (Fsp3) is 0. The SMILES string of the molecule is N#Cc1cc(S)ccc1-c1ccccc1. The molecule has 0 fully saturated rings. The normalized spacial score (nSPS) is 9.60. The van der Waals surface area contributed by atoms with Gasteiger partial charge in [0.05, 0.1) is 11.6 Å². The van der Waals surface area contributed by atoms with E-state index in [1.54, 1.807) is 6.07 Å². The molecule has 1 nitrogen and oxygen atoms in total. The minimum atomic E-state index is 0.661. The highest BCUT2D eigenvalue weighted by Gasteiger charge is 2.03. The van der Waals surface area contributed by atoms with Crippen LogP contribution in [-0.2, 0) is 0 Å². The van der Waals surface area contributed by atoms with Gasteiger partial charge in [0.25, 0.3) is 0 Å². The number of thiol groups is 1. The van der Waals surface area contributed by atoms with Gasteiger partial charge in [0.1, 0.15) is 0 Å². The van der Waals surface area contributed by atoms with Crippen LogP contribution in [0.25, 0.3) is 11.1 Å². The Morgan fingerprint density at radius 3 is 2.40 bits per heavy atom. The highest BCUT2D eigenvalue weighted by atomic mass is 32.1. The van der Waals surface area contributed by atoms with E-state index in [1.807, 2.05) is 42.5 Å². The van der Waals surface area contributed by atoms with Gasteiger partial charge in [-0.2, -0.15) is 5.26 Å². The molecule has 0 heterocycles. The summed E-state index contributed by atoms with van der Waals surface area (Å²) in [4.78, 5) is 0.811. The van der Waals surface area contributed by atoms with Crippen LogP contribution in [0.1, 0.15) is 5.56 Å².